The van der Waals surface area contributed by atoms with Gasteiger partial charge in [0.1, 0.15) is 17.6 Å². The van der Waals surface area contributed by atoms with Gasteiger partial charge in [0, 0.05) is 25.2 Å². The molecule has 2 aromatic rings. The van der Waals surface area contributed by atoms with E-state index in [1.54, 1.807) is 0 Å². The first-order valence-electron chi connectivity index (χ1n) is 10.2. The van der Waals surface area contributed by atoms with E-state index in [1.807, 2.05) is 0 Å². The third-order valence-corrected chi connectivity index (χ3v) is 5.06. The van der Waals surface area contributed by atoms with Crippen molar-refractivity contribution >= 4 is 34.8 Å². The normalized spacial score (nSPS) is 15.6. The molecule has 0 aromatic heterocycles. The summed E-state index contributed by atoms with van der Waals surface area (Å²) in [6.45, 7) is 0.969. The van der Waals surface area contributed by atoms with Crippen LogP contribution in [-0.2, 0) is 20.9 Å². The number of hydrogen-bond donors (Lipinski definition) is 2. The molecular formula is C22H21F4N5O3. The molecule has 3 amide bonds. The molecule has 12 heteroatoms. The van der Waals surface area contributed by atoms with Crippen LogP contribution < -0.4 is 16.1 Å². The Morgan fingerprint density at radius 1 is 1.18 bits per heavy atom. The Kier molecular flexibility index (Phi) is 7.18. The predicted octanol–water partition coefficient (Wildman–Crippen LogP) is 2.80. The molecule has 0 saturated heterocycles. The molecule has 0 fully saturated rings. The molecule has 8 nitrogen and oxygen atoms in total. The Bertz CT molecular complexity index is 1120. The lowest BCUT2D eigenvalue weighted by Gasteiger charge is -2.22. The van der Waals surface area contributed by atoms with Gasteiger partial charge < -0.3 is 16.0 Å². The van der Waals surface area contributed by atoms with Gasteiger partial charge in [0.2, 0.25) is 5.91 Å². The monoisotopic (exact) mass is 479 g/mol. The fraction of sp³-hybridized carbons (Fsp3) is 0.273. The van der Waals surface area contributed by atoms with Crippen LogP contribution in [-0.4, -0.2) is 47.1 Å². The lowest BCUT2D eigenvalue weighted by atomic mass is 10.1. The Balaban J connectivity index is 1.75. The van der Waals surface area contributed by atoms with Crippen LogP contribution in [0.15, 0.2) is 53.6 Å². The lowest BCUT2D eigenvalue weighted by Crippen LogP contribution is -2.40. The number of rotatable bonds is 7. The second kappa shape index (κ2) is 9.89. The summed E-state index contributed by atoms with van der Waals surface area (Å²) in [6, 6.07) is 10.2. The van der Waals surface area contributed by atoms with E-state index in [0.29, 0.717) is 16.2 Å². The largest absolute Gasteiger partial charge is 0.471 e. The van der Waals surface area contributed by atoms with Crippen LogP contribution in [0.4, 0.5) is 28.9 Å². The first kappa shape index (κ1) is 24.7. The van der Waals surface area contributed by atoms with Gasteiger partial charge in [-0.05, 0) is 48.9 Å². The smallest absolute Gasteiger partial charge is 0.368 e. The number of primary amides is 1. The summed E-state index contributed by atoms with van der Waals surface area (Å²) in [5, 5.41) is 7.97. The Labute approximate surface area is 192 Å². The van der Waals surface area contributed by atoms with Crippen molar-refractivity contribution in [2.45, 2.75) is 32.1 Å². The van der Waals surface area contributed by atoms with Gasteiger partial charge >= 0.3 is 12.1 Å². The summed E-state index contributed by atoms with van der Waals surface area (Å²) >= 11 is 0. The van der Waals surface area contributed by atoms with Crippen molar-refractivity contribution in [1.29, 1.82) is 0 Å². The lowest BCUT2D eigenvalue weighted by molar-refractivity contribution is -0.185. The third-order valence-electron chi connectivity index (χ3n) is 5.06. The topological polar surface area (TPSA) is 108 Å². The average Bonchev–Trinajstić information content (AvgIpc) is 3.23. The number of benzene rings is 2. The van der Waals surface area contributed by atoms with Crippen LogP contribution >= 0.6 is 0 Å². The Morgan fingerprint density at radius 2 is 1.85 bits per heavy atom. The fourth-order valence-corrected chi connectivity index (χ4v) is 3.38. The highest BCUT2D eigenvalue weighted by molar-refractivity contribution is 6.44. The SMILES string of the molecule is CCN(Cc1cccc(NC(=O)C2=NN(c3ccc(F)cc3)C(C(N)=O)C2)c1)C(=O)C(F)(F)F. The van der Waals surface area contributed by atoms with E-state index in [9.17, 15) is 31.9 Å². The standard InChI is InChI=1S/C22H21F4N5O3/c1-2-30(21(34)22(24,25)26)12-13-4-3-5-15(10-13)28-20(33)17-11-18(19(27)32)31(29-17)16-8-6-14(23)7-9-16/h3-10,18H,2,11-12H2,1H3,(H2,27,32)(H,28,33). The number of nitrogens with zero attached hydrogens (tertiary/aromatic N) is 3. The molecule has 1 atom stereocenters. The number of halogens is 4. The second-order valence-corrected chi connectivity index (χ2v) is 7.46. The second-order valence-electron chi connectivity index (χ2n) is 7.46. The summed E-state index contributed by atoms with van der Waals surface area (Å²) in [5.41, 5.74) is 6.41. The zero-order chi connectivity index (χ0) is 25.0. The van der Waals surface area contributed by atoms with E-state index in [-0.39, 0.29) is 30.9 Å². The summed E-state index contributed by atoms with van der Waals surface area (Å²) in [6.07, 6.45) is -5.09. The zero-order valence-corrected chi connectivity index (χ0v) is 18.0. The molecule has 0 aliphatic carbocycles. The van der Waals surface area contributed by atoms with Gasteiger partial charge in [0.15, 0.2) is 0 Å². The molecule has 34 heavy (non-hydrogen) atoms. The molecular weight excluding hydrogens is 458 g/mol. The maximum absolute atomic E-state index is 13.2. The maximum atomic E-state index is 13.2. The van der Waals surface area contributed by atoms with E-state index in [1.165, 1.54) is 60.5 Å². The van der Waals surface area contributed by atoms with E-state index in [2.05, 4.69) is 10.4 Å². The first-order valence-corrected chi connectivity index (χ1v) is 10.2. The number of alkyl halides is 3. The molecule has 180 valence electrons. The number of carbonyl (C=O) groups is 3. The van der Waals surface area contributed by atoms with Gasteiger partial charge in [0.25, 0.3) is 5.91 Å². The van der Waals surface area contributed by atoms with Crippen LogP contribution in [0.25, 0.3) is 0 Å². The van der Waals surface area contributed by atoms with Gasteiger partial charge in [-0.25, -0.2) is 4.39 Å². The number of nitrogens with two attached hydrogens (primary N) is 1. The molecule has 1 aliphatic heterocycles. The number of nitrogens with one attached hydrogen (secondary N) is 1. The maximum Gasteiger partial charge on any atom is 0.471 e. The molecule has 0 radical (unpaired) electrons. The van der Waals surface area contributed by atoms with Crippen molar-refractivity contribution in [2.75, 3.05) is 16.9 Å². The molecule has 3 rings (SSSR count). The highest BCUT2D eigenvalue weighted by atomic mass is 19.4. The van der Waals surface area contributed by atoms with Gasteiger partial charge in [-0.3, -0.25) is 19.4 Å². The Morgan fingerprint density at radius 3 is 2.44 bits per heavy atom. The number of hydrogen-bond acceptors (Lipinski definition) is 5. The van der Waals surface area contributed by atoms with Crippen LogP contribution in [0.5, 0.6) is 0 Å². The van der Waals surface area contributed by atoms with Crippen LogP contribution in [0.1, 0.15) is 18.9 Å². The highest BCUT2D eigenvalue weighted by Crippen LogP contribution is 2.26. The van der Waals surface area contributed by atoms with Crippen LogP contribution in [0.3, 0.4) is 0 Å². The molecule has 1 unspecified atom stereocenters. The number of amides is 3. The predicted molar refractivity (Wildman–Crippen MR) is 116 cm³/mol. The van der Waals surface area contributed by atoms with Crippen LogP contribution in [0.2, 0.25) is 0 Å². The van der Waals surface area contributed by atoms with Crippen molar-refractivity contribution in [3.05, 3.63) is 59.9 Å². The van der Waals surface area contributed by atoms with E-state index in [4.69, 9.17) is 5.73 Å². The molecule has 0 saturated carbocycles. The molecule has 1 heterocycles. The quantitative estimate of drug-likeness (QED) is 0.596. The van der Waals surface area contributed by atoms with Crippen LogP contribution in [0, 0.1) is 5.82 Å². The molecule has 1 aliphatic rings. The third kappa shape index (κ3) is 5.69. The summed E-state index contributed by atoms with van der Waals surface area (Å²) in [5.74, 6) is -3.82. The minimum Gasteiger partial charge on any atom is -0.368 e. The summed E-state index contributed by atoms with van der Waals surface area (Å²) in [4.78, 5) is 36.8. The summed E-state index contributed by atoms with van der Waals surface area (Å²) in [7, 11) is 0. The minimum absolute atomic E-state index is 0.0130. The van der Waals surface area contributed by atoms with Gasteiger partial charge in [0.05, 0.1) is 5.69 Å². The number of anilines is 2. The average molecular weight is 479 g/mol. The van der Waals surface area contributed by atoms with Gasteiger partial charge in [-0.1, -0.05) is 12.1 Å². The van der Waals surface area contributed by atoms with E-state index >= 15 is 0 Å². The van der Waals surface area contributed by atoms with E-state index in [0.717, 1.165) is 0 Å². The Hall–Kier alpha value is -3.96. The van der Waals surface area contributed by atoms with Gasteiger partial charge in [-0.15, -0.1) is 0 Å². The molecule has 0 spiro atoms. The van der Waals surface area contributed by atoms with Crippen molar-refractivity contribution in [3.8, 4) is 0 Å². The van der Waals surface area contributed by atoms with Crippen molar-refractivity contribution in [3.63, 3.8) is 0 Å². The molecule has 2 aromatic carbocycles. The van der Waals surface area contributed by atoms with Crippen molar-refractivity contribution in [2.24, 2.45) is 10.8 Å². The van der Waals surface area contributed by atoms with E-state index < -0.39 is 35.8 Å². The van der Waals surface area contributed by atoms with Crippen molar-refractivity contribution in [1.82, 2.24) is 4.90 Å². The zero-order valence-electron chi connectivity index (χ0n) is 18.0. The number of hydrazone groups is 1. The van der Waals surface area contributed by atoms with Gasteiger partial charge in [-0.2, -0.15) is 18.3 Å². The molecule has 0 bridgehead atoms. The minimum atomic E-state index is -4.99. The fourth-order valence-electron chi connectivity index (χ4n) is 3.38. The highest BCUT2D eigenvalue weighted by Gasteiger charge is 2.42. The molecule has 3 N–H and O–H groups in total. The number of carbonyl (C=O) groups excluding carboxylic acids is 3. The summed E-state index contributed by atoms with van der Waals surface area (Å²) < 4.78 is 51.5. The van der Waals surface area contributed by atoms with Crippen molar-refractivity contribution < 1.29 is 31.9 Å². The first-order chi connectivity index (χ1) is 16.0.